The summed E-state index contributed by atoms with van der Waals surface area (Å²) in [5.41, 5.74) is 0.250. The number of para-hydroxylation sites is 2. The van der Waals surface area contributed by atoms with Crippen LogP contribution in [-0.2, 0) is 4.79 Å². The van der Waals surface area contributed by atoms with E-state index in [4.69, 9.17) is 0 Å². The van der Waals surface area contributed by atoms with Crippen LogP contribution in [0.1, 0.15) is 19.8 Å². The summed E-state index contributed by atoms with van der Waals surface area (Å²) in [6.07, 6.45) is -3.43. The summed E-state index contributed by atoms with van der Waals surface area (Å²) < 4.78 is 40.8. The van der Waals surface area contributed by atoms with Gasteiger partial charge in [-0.3, -0.25) is 4.79 Å². The minimum Gasteiger partial charge on any atom is -0.482 e. The van der Waals surface area contributed by atoms with Crippen molar-refractivity contribution in [3.63, 3.8) is 0 Å². The van der Waals surface area contributed by atoms with Crippen LogP contribution >= 0.6 is 0 Å². The van der Waals surface area contributed by atoms with Crippen LogP contribution in [0.15, 0.2) is 24.3 Å². The van der Waals surface area contributed by atoms with Crippen molar-refractivity contribution in [1.82, 2.24) is 0 Å². The van der Waals surface area contributed by atoms with Crippen molar-refractivity contribution in [2.24, 2.45) is 0 Å². The molecule has 1 amide bonds. The Balaban J connectivity index is 2.70. The molecule has 0 unspecified atom stereocenters. The zero-order valence-corrected chi connectivity index (χ0v) is 9.88. The van der Waals surface area contributed by atoms with Crippen molar-refractivity contribution in [2.75, 3.05) is 11.9 Å². The van der Waals surface area contributed by atoms with E-state index >= 15 is 0 Å². The molecule has 1 aromatic carbocycles. The van der Waals surface area contributed by atoms with Gasteiger partial charge in [-0.1, -0.05) is 19.1 Å². The molecule has 1 rings (SSSR count). The van der Waals surface area contributed by atoms with E-state index < -0.39 is 12.8 Å². The molecule has 0 spiro atoms. The van der Waals surface area contributed by atoms with E-state index in [1.54, 1.807) is 12.1 Å². The molecule has 0 bridgehead atoms. The first kappa shape index (κ1) is 14.3. The molecule has 0 aliphatic rings. The maximum atomic E-state index is 12.0. The highest BCUT2D eigenvalue weighted by atomic mass is 19.4. The molecule has 0 atom stereocenters. The fourth-order valence-electron chi connectivity index (χ4n) is 1.30. The topological polar surface area (TPSA) is 38.3 Å². The van der Waals surface area contributed by atoms with Crippen LogP contribution in [0.25, 0.3) is 0 Å². The lowest BCUT2D eigenvalue weighted by atomic mass is 10.2. The van der Waals surface area contributed by atoms with Crippen LogP contribution in [-0.4, -0.2) is 18.7 Å². The maximum absolute atomic E-state index is 12.0. The molecule has 6 heteroatoms. The first-order valence-electron chi connectivity index (χ1n) is 5.51. The molecular weight excluding hydrogens is 247 g/mol. The molecule has 3 nitrogen and oxygen atoms in total. The maximum Gasteiger partial charge on any atom is 0.422 e. The molecule has 18 heavy (non-hydrogen) atoms. The fourth-order valence-corrected chi connectivity index (χ4v) is 1.30. The number of halogens is 3. The minimum atomic E-state index is -4.40. The largest absolute Gasteiger partial charge is 0.482 e. The summed E-state index contributed by atoms with van der Waals surface area (Å²) in [6, 6.07) is 6.04. The molecule has 0 aliphatic heterocycles. The number of anilines is 1. The van der Waals surface area contributed by atoms with E-state index in [1.807, 2.05) is 6.92 Å². The zero-order chi connectivity index (χ0) is 13.6. The number of hydrogen-bond acceptors (Lipinski definition) is 2. The van der Waals surface area contributed by atoms with Gasteiger partial charge < -0.3 is 10.1 Å². The number of ether oxygens (including phenoxy) is 1. The van der Waals surface area contributed by atoms with E-state index in [0.717, 1.165) is 0 Å². The van der Waals surface area contributed by atoms with Crippen molar-refractivity contribution >= 4 is 11.6 Å². The van der Waals surface area contributed by atoms with E-state index in [9.17, 15) is 18.0 Å². The van der Waals surface area contributed by atoms with Crippen LogP contribution in [0, 0.1) is 0 Å². The first-order chi connectivity index (χ1) is 8.42. The molecular formula is C12H14F3NO2. The van der Waals surface area contributed by atoms with E-state index in [0.29, 0.717) is 12.8 Å². The minimum absolute atomic E-state index is 0.0132. The van der Waals surface area contributed by atoms with Crippen LogP contribution in [0.4, 0.5) is 18.9 Å². The molecule has 0 fully saturated rings. The average Bonchev–Trinajstić information content (AvgIpc) is 2.27. The molecule has 1 aromatic rings. The van der Waals surface area contributed by atoms with Crippen LogP contribution in [0.2, 0.25) is 0 Å². The fraction of sp³-hybridized carbons (Fsp3) is 0.417. The lowest BCUT2D eigenvalue weighted by Gasteiger charge is -2.13. The molecule has 0 aromatic heterocycles. The highest BCUT2D eigenvalue weighted by molar-refractivity contribution is 5.92. The Labute approximate surface area is 103 Å². The average molecular weight is 261 g/mol. The first-order valence-corrected chi connectivity index (χ1v) is 5.51. The van der Waals surface area contributed by atoms with Gasteiger partial charge >= 0.3 is 6.18 Å². The van der Waals surface area contributed by atoms with Crippen LogP contribution in [0.3, 0.4) is 0 Å². The number of alkyl halides is 3. The molecule has 0 saturated carbocycles. The third-order valence-corrected chi connectivity index (χ3v) is 2.03. The van der Waals surface area contributed by atoms with Gasteiger partial charge in [0.05, 0.1) is 5.69 Å². The van der Waals surface area contributed by atoms with Gasteiger partial charge in [-0.15, -0.1) is 0 Å². The van der Waals surface area contributed by atoms with Gasteiger partial charge in [0.2, 0.25) is 5.91 Å². The number of nitrogens with one attached hydrogen (secondary N) is 1. The quantitative estimate of drug-likeness (QED) is 0.882. The third kappa shape index (κ3) is 5.07. The van der Waals surface area contributed by atoms with Crippen molar-refractivity contribution in [2.45, 2.75) is 25.9 Å². The smallest absolute Gasteiger partial charge is 0.422 e. The van der Waals surface area contributed by atoms with Crippen molar-refractivity contribution in [3.05, 3.63) is 24.3 Å². The molecule has 0 radical (unpaired) electrons. The number of carbonyl (C=O) groups excluding carboxylic acids is 1. The number of amides is 1. The number of carbonyl (C=O) groups is 1. The Morgan fingerprint density at radius 1 is 1.33 bits per heavy atom. The van der Waals surface area contributed by atoms with Gasteiger partial charge in [0, 0.05) is 6.42 Å². The van der Waals surface area contributed by atoms with E-state index in [-0.39, 0.29) is 17.3 Å². The number of rotatable bonds is 5. The lowest BCUT2D eigenvalue weighted by Crippen LogP contribution is -2.20. The summed E-state index contributed by atoms with van der Waals surface area (Å²) in [6.45, 7) is 0.458. The Kier molecular flexibility index (Phi) is 5.00. The van der Waals surface area contributed by atoms with E-state index in [1.165, 1.54) is 12.1 Å². The van der Waals surface area contributed by atoms with Gasteiger partial charge in [-0.2, -0.15) is 13.2 Å². The molecule has 0 aliphatic carbocycles. The molecule has 100 valence electrons. The van der Waals surface area contributed by atoms with Crippen molar-refractivity contribution < 1.29 is 22.7 Å². The highest BCUT2D eigenvalue weighted by Crippen LogP contribution is 2.26. The Morgan fingerprint density at radius 2 is 2.00 bits per heavy atom. The van der Waals surface area contributed by atoms with E-state index in [2.05, 4.69) is 10.1 Å². The second-order valence-electron chi connectivity index (χ2n) is 3.70. The standard InChI is InChI=1S/C12H14F3NO2/c1-2-5-11(17)16-9-6-3-4-7-10(9)18-8-12(13,14)15/h3-4,6-7H,2,5,8H2,1H3,(H,16,17). The Hall–Kier alpha value is -1.72. The zero-order valence-electron chi connectivity index (χ0n) is 9.88. The third-order valence-electron chi connectivity index (χ3n) is 2.03. The summed E-state index contributed by atoms with van der Waals surface area (Å²) >= 11 is 0. The van der Waals surface area contributed by atoms with Gasteiger partial charge in [0.15, 0.2) is 6.61 Å². The monoisotopic (exact) mass is 261 g/mol. The Morgan fingerprint density at radius 3 is 2.61 bits per heavy atom. The van der Waals surface area contributed by atoms with Crippen LogP contribution in [0.5, 0.6) is 5.75 Å². The summed E-state index contributed by atoms with van der Waals surface area (Å²) in [7, 11) is 0. The van der Waals surface area contributed by atoms with Gasteiger partial charge in [0.1, 0.15) is 5.75 Å². The second-order valence-corrected chi connectivity index (χ2v) is 3.70. The summed E-state index contributed by atoms with van der Waals surface area (Å²) in [4.78, 5) is 11.4. The van der Waals surface area contributed by atoms with Gasteiger partial charge in [0.25, 0.3) is 0 Å². The predicted molar refractivity (Wildman–Crippen MR) is 61.5 cm³/mol. The molecule has 0 heterocycles. The lowest BCUT2D eigenvalue weighted by molar-refractivity contribution is -0.153. The normalized spacial score (nSPS) is 11.1. The van der Waals surface area contributed by atoms with Crippen LogP contribution < -0.4 is 10.1 Å². The predicted octanol–water partition coefficient (Wildman–Crippen LogP) is 3.37. The number of hydrogen-bond donors (Lipinski definition) is 1. The SMILES string of the molecule is CCCC(=O)Nc1ccccc1OCC(F)(F)F. The van der Waals surface area contributed by atoms with Gasteiger partial charge in [-0.05, 0) is 18.6 Å². The Bertz CT molecular complexity index is 405. The van der Waals surface area contributed by atoms with Crippen molar-refractivity contribution in [1.29, 1.82) is 0 Å². The summed E-state index contributed by atoms with van der Waals surface area (Å²) in [5.74, 6) is -0.236. The second kappa shape index (κ2) is 6.28. The highest BCUT2D eigenvalue weighted by Gasteiger charge is 2.28. The van der Waals surface area contributed by atoms with Gasteiger partial charge in [-0.25, -0.2) is 0 Å². The number of benzene rings is 1. The summed E-state index contributed by atoms with van der Waals surface area (Å²) in [5, 5.41) is 2.52. The van der Waals surface area contributed by atoms with Crippen molar-refractivity contribution in [3.8, 4) is 5.75 Å². The molecule has 0 saturated heterocycles. The molecule has 1 N–H and O–H groups in total.